The third-order valence-corrected chi connectivity index (χ3v) is 4.22. The minimum atomic E-state index is -1.56. The zero-order valence-corrected chi connectivity index (χ0v) is 17.8. The number of nitrogens with one attached hydrogen (secondary N) is 3. The maximum atomic E-state index is 12.6. The third kappa shape index (κ3) is 10.3. The van der Waals surface area contributed by atoms with E-state index < -0.39 is 54.0 Å². The summed E-state index contributed by atoms with van der Waals surface area (Å²) in [7, 11) is 0. The van der Waals surface area contributed by atoms with Crippen LogP contribution in [-0.4, -0.2) is 82.4 Å². The van der Waals surface area contributed by atoms with Crippen molar-refractivity contribution in [3.05, 3.63) is 0 Å². The number of hydrogen-bond donors (Lipinski definition) is 9. The van der Waals surface area contributed by atoms with Gasteiger partial charge in [-0.1, -0.05) is 0 Å². The number of aliphatic hydroxyl groups excluding tert-OH is 1. The van der Waals surface area contributed by atoms with Crippen LogP contribution in [0.2, 0.25) is 0 Å². The summed E-state index contributed by atoms with van der Waals surface area (Å²) in [6, 6.07) is -4.69. The first kappa shape index (κ1) is 27.4. The van der Waals surface area contributed by atoms with E-state index in [-0.39, 0.29) is 24.7 Å². The monoisotopic (exact) mass is 449 g/mol. The minimum Gasteiger partial charge on any atom is -0.480 e. The molecule has 13 nitrogen and oxygen atoms in total. The number of rotatable bonds is 13. The molecule has 0 rings (SSSR count). The minimum absolute atomic E-state index is 0.117. The number of guanidine groups is 1. The summed E-state index contributed by atoms with van der Waals surface area (Å²) < 4.78 is 0. The molecule has 0 radical (unpaired) electrons. The van der Waals surface area contributed by atoms with E-state index in [1.54, 1.807) is 0 Å². The number of hydrogen-bond acceptors (Lipinski definition) is 8. The number of nitrogens with two attached hydrogens (primary N) is 3. The highest BCUT2D eigenvalue weighted by Crippen LogP contribution is 2.02. The predicted molar refractivity (Wildman–Crippen MR) is 113 cm³/mol. The Labute approximate surface area is 179 Å². The first-order chi connectivity index (χ1) is 13.9. The van der Waals surface area contributed by atoms with Gasteiger partial charge in [0.15, 0.2) is 12.0 Å². The van der Waals surface area contributed by atoms with Crippen LogP contribution >= 0.6 is 12.6 Å². The van der Waals surface area contributed by atoms with Crippen molar-refractivity contribution >= 4 is 42.3 Å². The van der Waals surface area contributed by atoms with Crippen molar-refractivity contribution in [3.63, 3.8) is 0 Å². The summed E-state index contributed by atoms with van der Waals surface area (Å²) in [5.74, 6) is -3.86. The first-order valence-electron chi connectivity index (χ1n) is 9.14. The lowest BCUT2D eigenvalue weighted by Gasteiger charge is -2.24. The van der Waals surface area contributed by atoms with Crippen molar-refractivity contribution in [2.45, 2.75) is 57.0 Å². The summed E-state index contributed by atoms with van der Waals surface area (Å²) in [5.41, 5.74) is 16.0. The molecule has 0 fully saturated rings. The molecule has 14 heteroatoms. The lowest BCUT2D eigenvalue weighted by Crippen LogP contribution is -2.58. The summed E-state index contributed by atoms with van der Waals surface area (Å²) >= 11 is 4.00. The highest BCUT2D eigenvalue weighted by atomic mass is 32.1. The number of aliphatic imine (C=N–C) groups is 1. The zero-order chi connectivity index (χ0) is 23.4. The molecule has 0 spiro atoms. The first-order valence-corrected chi connectivity index (χ1v) is 9.77. The Hall–Kier alpha value is -2.58. The zero-order valence-electron chi connectivity index (χ0n) is 16.9. The molecule has 0 heterocycles. The van der Waals surface area contributed by atoms with E-state index in [1.165, 1.54) is 13.8 Å². The van der Waals surface area contributed by atoms with Crippen molar-refractivity contribution in [2.24, 2.45) is 22.2 Å². The van der Waals surface area contributed by atoms with Gasteiger partial charge in [0.2, 0.25) is 17.7 Å². The maximum absolute atomic E-state index is 12.6. The number of carboxylic acid groups (broad SMARTS) is 1. The van der Waals surface area contributed by atoms with Crippen LogP contribution in [0.4, 0.5) is 0 Å². The predicted octanol–water partition coefficient (Wildman–Crippen LogP) is -3.76. The van der Waals surface area contributed by atoms with Crippen LogP contribution < -0.4 is 33.2 Å². The number of carbonyl (C=O) groups is 4. The van der Waals surface area contributed by atoms with Crippen molar-refractivity contribution in [2.75, 3.05) is 12.3 Å². The molecule has 0 aromatic carbocycles. The largest absolute Gasteiger partial charge is 0.480 e. The fraction of sp³-hybridized carbons (Fsp3) is 0.688. The Morgan fingerprint density at radius 1 is 1.00 bits per heavy atom. The molecule has 0 aliphatic heterocycles. The van der Waals surface area contributed by atoms with Crippen molar-refractivity contribution < 1.29 is 29.4 Å². The summed E-state index contributed by atoms with van der Waals surface area (Å²) in [6.07, 6.45) is -0.875. The Balaban J connectivity index is 5.19. The lowest BCUT2D eigenvalue weighted by atomic mass is 10.1. The fourth-order valence-corrected chi connectivity index (χ4v) is 2.44. The Morgan fingerprint density at radius 3 is 1.97 bits per heavy atom. The van der Waals surface area contributed by atoms with Crippen molar-refractivity contribution in [1.29, 1.82) is 0 Å². The Bertz CT molecular complexity index is 640. The highest BCUT2D eigenvalue weighted by molar-refractivity contribution is 7.80. The quantitative estimate of drug-likeness (QED) is 0.0580. The number of thiol groups is 1. The van der Waals surface area contributed by atoms with Gasteiger partial charge in [0.25, 0.3) is 0 Å². The molecule has 0 aliphatic rings. The van der Waals surface area contributed by atoms with Crippen LogP contribution in [0.1, 0.15) is 26.7 Å². The number of aliphatic carboxylic acids is 1. The summed E-state index contributed by atoms with van der Waals surface area (Å²) in [5, 5.41) is 25.5. The molecule has 3 amide bonds. The molecule has 5 unspecified atom stereocenters. The van der Waals surface area contributed by atoms with Gasteiger partial charge in [-0.3, -0.25) is 19.4 Å². The van der Waals surface area contributed by atoms with E-state index in [4.69, 9.17) is 22.3 Å². The third-order valence-electron chi connectivity index (χ3n) is 3.85. The molecule has 5 atom stereocenters. The van der Waals surface area contributed by atoms with Gasteiger partial charge in [-0.25, -0.2) is 4.79 Å². The molecule has 172 valence electrons. The number of amides is 3. The van der Waals surface area contributed by atoms with E-state index in [0.29, 0.717) is 6.42 Å². The van der Waals surface area contributed by atoms with E-state index in [1.807, 2.05) is 0 Å². The summed E-state index contributed by atoms with van der Waals surface area (Å²) in [4.78, 5) is 51.8. The van der Waals surface area contributed by atoms with Crippen LogP contribution in [0.3, 0.4) is 0 Å². The molecule has 0 aromatic rings. The molecule has 0 saturated heterocycles. The topological polar surface area (TPSA) is 235 Å². The van der Waals surface area contributed by atoms with Gasteiger partial charge in [0.05, 0.1) is 12.1 Å². The molecule has 0 saturated carbocycles. The van der Waals surface area contributed by atoms with E-state index in [9.17, 15) is 24.3 Å². The lowest BCUT2D eigenvalue weighted by molar-refractivity contribution is -0.145. The van der Waals surface area contributed by atoms with Crippen LogP contribution in [0, 0.1) is 0 Å². The van der Waals surface area contributed by atoms with Crippen molar-refractivity contribution in [1.82, 2.24) is 16.0 Å². The number of nitrogens with zero attached hydrogens (tertiary/aromatic N) is 1. The molecule has 11 N–H and O–H groups in total. The fourth-order valence-electron chi connectivity index (χ4n) is 2.18. The van der Waals surface area contributed by atoms with Gasteiger partial charge in [-0.2, -0.15) is 12.6 Å². The van der Waals surface area contributed by atoms with E-state index in [2.05, 4.69) is 33.6 Å². The van der Waals surface area contributed by atoms with Crippen LogP contribution in [0.25, 0.3) is 0 Å². The average molecular weight is 450 g/mol. The van der Waals surface area contributed by atoms with E-state index in [0.717, 1.165) is 0 Å². The van der Waals surface area contributed by atoms with Gasteiger partial charge < -0.3 is 43.4 Å². The molecule has 0 aliphatic carbocycles. The number of carboxylic acids is 1. The normalized spacial score (nSPS) is 15.6. The van der Waals surface area contributed by atoms with E-state index >= 15 is 0 Å². The van der Waals surface area contributed by atoms with Crippen LogP contribution in [-0.2, 0) is 19.2 Å². The van der Waals surface area contributed by atoms with Crippen LogP contribution in [0.15, 0.2) is 4.99 Å². The molecule has 30 heavy (non-hydrogen) atoms. The van der Waals surface area contributed by atoms with Gasteiger partial charge >= 0.3 is 5.97 Å². The number of carbonyl (C=O) groups excluding carboxylic acids is 3. The second-order valence-electron chi connectivity index (χ2n) is 6.61. The SMILES string of the molecule is CC(N)C(=O)NC(CCCN=C(N)N)C(=O)NC(CS)C(=O)NC(C(=O)O)C(C)O. The average Bonchev–Trinajstić information content (AvgIpc) is 2.64. The smallest absolute Gasteiger partial charge is 0.328 e. The molecule has 0 bridgehead atoms. The Kier molecular flexibility index (Phi) is 12.4. The highest BCUT2D eigenvalue weighted by Gasteiger charge is 2.30. The summed E-state index contributed by atoms with van der Waals surface area (Å²) in [6.45, 7) is 2.85. The van der Waals surface area contributed by atoms with Gasteiger partial charge in [0, 0.05) is 12.3 Å². The number of aliphatic hydroxyl groups is 1. The van der Waals surface area contributed by atoms with Gasteiger partial charge in [0.1, 0.15) is 12.1 Å². The second-order valence-corrected chi connectivity index (χ2v) is 6.97. The Morgan fingerprint density at radius 2 is 1.53 bits per heavy atom. The molecular formula is C16H31N7O6S. The molecular weight excluding hydrogens is 418 g/mol. The second kappa shape index (κ2) is 13.6. The van der Waals surface area contributed by atoms with Gasteiger partial charge in [-0.05, 0) is 26.7 Å². The van der Waals surface area contributed by atoms with Gasteiger partial charge in [-0.15, -0.1) is 0 Å². The standard InChI is InChI=1S/C16H31N7O6S/c1-7(17)12(25)21-9(4-3-5-20-16(18)19)13(26)22-10(6-30)14(27)23-11(8(2)24)15(28)29/h7-11,24,30H,3-6,17H2,1-2H3,(H,21,25)(H,22,26)(H,23,27)(H,28,29)(H4,18,19,20). The maximum Gasteiger partial charge on any atom is 0.328 e. The molecule has 0 aromatic heterocycles. The van der Waals surface area contributed by atoms with Crippen LogP contribution in [0.5, 0.6) is 0 Å². The van der Waals surface area contributed by atoms with Crippen molar-refractivity contribution in [3.8, 4) is 0 Å².